The van der Waals surface area contributed by atoms with E-state index in [1.165, 1.54) is 24.3 Å². The normalized spacial score (nSPS) is 14.4. The lowest BCUT2D eigenvalue weighted by Crippen LogP contribution is -2.48. The molecule has 0 saturated carbocycles. The molecule has 10 heteroatoms. The Morgan fingerprint density at radius 3 is 2.43 bits per heavy atom. The van der Waals surface area contributed by atoms with Crippen molar-refractivity contribution >= 4 is 29.7 Å². The van der Waals surface area contributed by atoms with Crippen molar-refractivity contribution in [2.24, 2.45) is 5.73 Å². The maximum atomic E-state index is 11.7. The number of piperazine rings is 1. The zero-order valence-electron chi connectivity index (χ0n) is 24.7. The summed E-state index contributed by atoms with van der Waals surface area (Å²) in [4.78, 5) is 27.6. The number of benzene rings is 3. The molecule has 1 aliphatic heterocycles. The van der Waals surface area contributed by atoms with Crippen LogP contribution in [0.5, 0.6) is 5.75 Å². The molecular formula is C34H37ClN4O5. The van der Waals surface area contributed by atoms with Gasteiger partial charge in [-0.15, -0.1) is 0 Å². The van der Waals surface area contributed by atoms with Gasteiger partial charge in [0.25, 0.3) is 0 Å². The molecule has 0 radical (unpaired) electrons. The molecule has 1 heterocycles. The Balaban J connectivity index is 1.35. The minimum Gasteiger partial charge on any atom is -0.492 e. The molecule has 44 heavy (non-hydrogen) atoms. The third kappa shape index (κ3) is 9.59. The molecule has 1 aliphatic rings. The smallest absolute Gasteiger partial charge is 0.338 e. The Bertz CT molecular complexity index is 1480. The summed E-state index contributed by atoms with van der Waals surface area (Å²) in [6.07, 6.45) is 3.21. The van der Waals surface area contributed by atoms with Crippen molar-refractivity contribution < 1.29 is 24.3 Å². The third-order valence-corrected chi connectivity index (χ3v) is 7.54. The number of hydrogen-bond donors (Lipinski definition) is 2. The highest BCUT2D eigenvalue weighted by atomic mass is 35.5. The SMILES string of the molecule is COC(=O)/C=C/c1cc(C#CCCN(O)C(N)=O)ccc1OCCN1CCN(C(c2ccccc2)c2ccc(Cl)cc2)CC1. The van der Waals surface area contributed by atoms with E-state index in [-0.39, 0.29) is 19.0 Å². The number of rotatable bonds is 11. The number of methoxy groups -OCH3 is 1. The van der Waals surface area contributed by atoms with Gasteiger partial charge in [-0.1, -0.05) is 65.9 Å². The van der Waals surface area contributed by atoms with E-state index in [1.54, 1.807) is 6.08 Å². The number of esters is 1. The second kappa shape index (κ2) is 16.5. The summed E-state index contributed by atoms with van der Waals surface area (Å²) >= 11 is 6.18. The van der Waals surface area contributed by atoms with Crippen LogP contribution < -0.4 is 10.5 Å². The number of hydrogen-bond acceptors (Lipinski definition) is 7. The first-order valence-corrected chi connectivity index (χ1v) is 14.8. The molecule has 1 unspecified atom stereocenters. The van der Waals surface area contributed by atoms with Crippen molar-refractivity contribution in [3.63, 3.8) is 0 Å². The molecular weight excluding hydrogens is 580 g/mol. The zero-order valence-corrected chi connectivity index (χ0v) is 25.5. The Labute approximate surface area is 263 Å². The van der Waals surface area contributed by atoms with Crippen LogP contribution in [0.1, 0.15) is 34.7 Å². The summed E-state index contributed by atoms with van der Waals surface area (Å²) in [5, 5.41) is 10.5. The summed E-state index contributed by atoms with van der Waals surface area (Å²) in [6.45, 7) is 4.87. The number of ether oxygens (including phenoxy) is 2. The summed E-state index contributed by atoms with van der Waals surface area (Å²) in [6, 6.07) is 23.3. The topological polar surface area (TPSA) is 109 Å². The van der Waals surface area contributed by atoms with Gasteiger partial charge in [-0.2, -0.15) is 0 Å². The molecule has 0 aliphatic carbocycles. The van der Waals surface area contributed by atoms with E-state index >= 15 is 0 Å². The van der Waals surface area contributed by atoms with Crippen LogP contribution in [-0.4, -0.2) is 85.1 Å². The van der Waals surface area contributed by atoms with E-state index in [1.807, 2.05) is 36.4 Å². The quantitative estimate of drug-likeness (QED) is 0.105. The number of nitrogens with two attached hydrogens (primary N) is 1. The fourth-order valence-electron chi connectivity index (χ4n) is 4.97. The van der Waals surface area contributed by atoms with Crippen LogP contribution in [0.4, 0.5) is 4.79 Å². The van der Waals surface area contributed by atoms with Gasteiger partial charge < -0.3 is 15.2 Å². The molecule has 0 aromatic heterocycles. The second-order valence-electron chi connectivity index (χ2n) is 10.2. The van der Waals surface area contributed by atoms with Crippen molar-refractivity contribution in [2.45, 2.75) is 12.5 Å². The van der Waals surface area contributed by atoms with E-state index in [0.29, 0.717) is 28.5 Å². The van der Waals surface area contributed by atoms with E-state index in [0.717, 1.165) is 37.7 Å². The first-order chi connectivity index (χ1) is 21.3. The zero-order chi connectivity index (χ0) is 31.3. The van der Waals surface area contributed by atoms with Crippen molar-refractivity contribution in [3.05, 3.63) is 106 Å². The van der Waals surface area contributed by atoms with Gasteiger partial charge in [0.1, 0.15) is 12.4 Å². The molecule has 9 nitrogen and oxygen atoms in total. The van der Waals surface area contributed by atoms with Crippen LogP contribution >= 0.6 is 11.6 Å². The fourth-order valence-corrected chi connectivity index (χ4v) is 5.10. The molecule has 1 fully saturated rings. The Hall–Kier alpha value is -4.33. The van der Waals surface area contributed by atoms with E-state index in [4.69, 9.17) is 26.8 Å². The van der Waals surface area contributed by atoms with Crippen LogP contribution in [-0.2, 0) is 9.53 Å². The molecule has 3 N–H and O–H groups in total. The molecule has 2 amide bonds. The van der Waals surface area contributed by atoms with Crippen molar-refractivity contribution in [2.75, 3.05) is 53.0 Å². The number of hydroxylamine groups is 2. The Morgan fingerprint density at radius 1 is 1.05 bits per heavy atom. The van der Waals surface area contributed by atoms with Gasteiger partial charge >= 0.3 is 12.0 Å². The van der Waals surface area contributed by atoms with Crippen LogP contribution in [0.3, 0.4) is 0 Å². The number of primary amides is 1. The standard InChI is InChI=1S/C34H37ClN4O5/c1-43-32(40)17-13-29-25-26(7-5-6-18-39(42)34(36)41)10-16-31(29)44-24-23-37-19-21-38(22-20-37)33(27-8-3-2-4-9-27)28-11-14-30(35)15-12-28/h2-4,8-17,25,33,42H,6,18-24H2,1H3,(H2,36,41)/b17-13+. The molecule has 0 spiro atoms. The predicted molar refractivity (Wildman–Crippen MR) is 170 cm³/mol. The lowest BCUT2D eigenvalue weighted by Gasteiger charge is -2.39. The lowest BCUT2D eigenvalue weighted by atomic mass is 9.96. The highest BCUT2D eigenvalue weighted by molar-refractivity contribution is 6.30. The van der Waals surface area contributed by atoms with Gasteiger partial charge in [-0.25, -0.2) is 14.7 Å². The highest BCUT2D eigenvalue weighted by Gasteiger charge is 2.26. The molecule has 230 valence electrons. The number of carbonyl (C=O) groups is 2. The van der Waals surface area contributed by atoms with Gasteiger partial charge in [0, 0.05) is 61.4 Å². The summed E-state index contributed by atoms with van der Waals surface area (Å²) < 4.78 is 10.9. The van der Waals surface area contributed by atoms with Gasteiger partial charge in [0.2, 0.25) is 0 Å². The van der Waals surface area contributed by atoms with Gasteiger partial charge in [-0.05, 0) is 47.5 Å². The van der Waals surface area contributed by atoms with E-state index in [9.17, 15) is 14.8 Å². The molecule has 3 aromatic carbocycles. The molecule has 1 atom stereocenters. The minimum atomic E-state index is -0.931. The Morgan fingerprint density at radius 2 is 1.75 bits per heavy atom. The van der Waals surface area contributed by atoms with Gasteiger partial charge in [0.05, 0.1) is 19.7 Å². The first-order valence-electron chi connectivity index (χ1n) is 14.4. The third-order valence-electron chi connectivity index (χ3n) is 7.28. The lowest BCUT2D eigenvalue weighted by molar-refractivity contribution is -0.134. The number of amides is 2. The largest absolute Gasteiger partial charge is 0.492 e. The summed E-state index contributed by atoms with van der Waals surface area (Å²) in [7, 11) is 1.32. The average molecular weight is 617 g/mol. The van der Waals surface area contributed by atoms with Gasteiger partial charge in [-0.3, -0.25) is 15.0 Å². The van der Waals surface area contributed by atoms with Crippen LogP contribution in [0.25, 0.3) is 6.08 Å². The fraction of sp³-hybridized carbons (Fsp3) is 0.294. The van der Waals surface area contributed by atoms with Crippen LogP contribution in [0, 0.1) is 11.8 Å². The first kappa shape index (κ1) is 32.6. The average Bonchev–Trinajstić information content (AvgIpc) is 3.04. The minimum absolute atomic E-state index is 0.000920. The summed E-state index contributed by atoms with van der Waals surface area (Å²) in [5.74, 6) is 6.03. The van der Waals surface area contributed by atoms with E-state index < -0.39 is 12.0 Å². The van der Waals surface area contributed by atoms with Crippen LogP contribution in [0.2, 0.25) is 5.02 Å². The molecule has 3 aromatic rings. The van der Waals surface area contributed by atoms with Crippen molar-refractivity contribution in [3.8, 4) is 17.6 Å². The van der Waals surface area contributed by atoms with Crippen LogP contribution in [0.15, 0.2) is 78.9 Å². The number of halogens is 1. The molecule has 0 bridgehead atoms. The van der Waals surface area contributed by atoms with Crippen molar-refractivity contribution in [1.82, 2.24) is 14.9 Å². The van der Waals surface area contributed by atoms with Gasteiger partial charge in [0.15, 0.2) is 0 Å². The maximum absolute atomic E-state index is 11.7. The Kier molecular flexibility index (Phi) is 12.2. The van der Waals surface area contributed by atoms with E-state index in [2.05, 4.69) is 58.0 Å². The maximum Gasteiger partial charge on any atom is 0.338 e. The number of carbonyl (C=O) groups excluding carboxylic acids is 2. The predicted octanol–water partition coefficient (Wildman–Crippen LogP) is 4.82. The number of nitrogens with zero attached hydrogens (tertiary/aromatic N) is 3. The second-order valence-corrected chi connectivity index (χ2v) is 10.6. The summed E-state index contributed by atoms with van der Waals surface area (Å²) in [5.41, 5.74) is 8.86. The highest BCUT2D eigenvalue weighted by Crippen LogP contribution is 2.30. The molecule has 1 saturated heterocycles. The monoisotopic (exact) mass is 616 g/mol. The molecule has 4 rings (SSSR count). The number of urea groups is 1. The van der Waals surface area contributed by atoms with Crippen molar-refractivity contribution in [1.29, 1.82) is 0 Å².